The van der Waals surface area contributed by atoms with Gasteiger partial charge < -0.3 is 14.6 Å². The molecule has 0 aromatic heterocycles. The second kappa shape index (κ2) is 12.9. The highest BCUT2D eigenvalue weighted by Gasteiger charge is 2.43. The van der Waals surface area contributed by atoms with Gasteiger partial charge in [-0.15, -0.1) is 6.58 Å². The van der Waals surface area contributed by atoms with E-state index in [1.54, 1.807) is 6.08 Å². The van der Waals surface area contributed by atoms with Gasteiger partial charge in [0.25, 0.3) is 5.91 Å². The summed E-state index contributed by atoms with van der Waals surface area (Å²) in [5.41, 5.74) is 7.97. The Morgan fingerprint density at radius 1 is 1.05 bits per heavy atom. The number of hydrogen-bond donors (Lipinski definition) is 3. The van der Waals surface area contributed by atoms with Crippen LogP contribution in [-0.4, -0.2) is 48.8 Å². The molecule has 1 aliphatic rings. The number of ether oxygens (including phenoxy) is 2. The van der Waals surface area contributed by atoms with Crippen LogP contribution in [0.2, 0.25) is 0 Å². The van der Waals surface area contributed by atoms with Crippen molar-refractivity contribution in [2.24, 2.45) is 4.99 Å². The van der Waals surface area contributed by atoms with Gasteiger partial charge in [0.15, 0.2) is 5.54 Å². The van der Waals surface area contributed by atoms with E-state index in [9.17, 15) is 4.79 Å². The standard InChI is InChI=1S/C30H33N3O4/c1-2-18-30(22-37-28(32-30)25-14-16-26(17-15-25)36-20-9-19-34)29(35)33-31-21-27(23-10-5-3-6-11-23)24-12-7-4-8-13-24/h2-8,10-17,27,31,34H,1,9,18-22H2,(H,33,35)/t30-/m0/s1. The van der Waals surface area contributed by atoms with Crippen molar-refractivity contribution in [2.45, 2.75) is 24.3 Å². The van der Waals surface area contributed by atoms with Gasteiger partial charge >= 0.3 is 0 Å². The van der Waals surface area contributed by atoms with E-state index in [2.05, 4.69) is 41.7 Å². The Hall–Kier alpha value is -3.94. The number of aliphatic imine (C=N–C) groups is 1. The number of amides is 1. The van der Waals surface area contributed by atoms with E-state index >= 15 is 0 Å². The van der Waals surface area contributed by atoms with Crippen molar-refractivity contribution in [3.63, 3.8) is 0 Å². The predicted molar refractivity (Wildman–Crippen MR) is 145 cm³/mol. The van der Waals surface area contributed by atoms with Crippen molar-refractivity contribution in [2.75, 3.05) is 26.4 Å². The Labute approximate surface area is 217 Å². The number of carbonyl (C=O) groups is 1. The largest absolute Gasteiger partial charge is 0.494 e. The van der Waals surface area contributed by atoms with Crippen molar-refractivity contribution in [3.05, 3.63) is 114 Å². The van der Waals surface area contributed by atoms with Gasteiger partial charge in [0.05, 0.1) is 6.61 Å². The lowest BCUT2D eigenvalue weighted by Gasteiger charge is -2.24. The number of nitrogens with zero attached hydrogens (tertiary/aromatic N) is 1. The summed E-state index contributed by atoms with van der Waals surface area (Å²) < 4.78 is 11.5. The van der Waals surface area contributed by atoms with Crippen LogP contribution in [0.5, 0.6) is 5.75 Å². The van der Waals surface area contributed by atoms with E-state index in [1.165, 1.54) is 0 Å². The van der Waals surface area contributed by atoms with Gasteiger partial charge in [0.2, 0.25) is 5.90 Å². The lowest BCUT2D eigenvalue weighted by molar-refractivity contribution is -0.127. The van der Waals surface area contributed by atoms with Crippen LogP contribution in [-0.2, 0) is 9.53 Å². The third-order valence-corrected chi connectivity index (χ3v) is 6.25. The van der Waals surface area contributed by atoms with E-state index < -0.39 is 5.54 Å². The van der Waals surface area contributed by atoms with Crippen LogP contribution in [0.1, 0.15) is 35.4 Å². The van der Waals surface area contributed by atoms with E-state index in [1.807, 2.05) is 60.7 Å². The van der Waals surface area contributed by atoms with Crippen LogP contribution in [0.4, 0.5) is 0 Å². The minimum absolute atomic E-state index is 0.0649. The second-order valence-corrected chi connectivity index (χ2v) is 8.89. The molecule has 0 saturated carbocycles. The highest BCUT2D eigenvalue weighted by atomic mass is 16.5. The predicted octanol–water partition coefficient (Wildman–Crippen LogP) is 3.99. The molecule has 1 atom stereocenters. The number of hydrazine groups is 1. The summed E-state index contributed by atoms with van der Waals surface area (Å²) in [6.45, 7) is 4.99. The SMILES string of the molecule is C=CC[C@@]1(C(=O)NNCC(c2ccccc2)c2ccccc2)COC(c2ccc(OCCCO)cc2)=N1. The Bertz CT molecular complexity index is 1140. The van der Waals surface area contributed by atoms with E-state index in [0.717, 1.165) is 16.7 Å². The number of nitrogens with one attached hydrogen (secondary N) is 2. The molecule has 192 valence electrons. The molecule has 0 fully saturated rings. The number of aliphatic hydroxyl groups excluding tert-OH is 1. The zero-order valence-corrected chi connectivity index (χ0v) is 20.8. The first-order valence-corrected chi connectivity index (χ1v) is 12.5. The molecule has 3 N–H and O–H groups in total. The number of benzene rings is 3. The molecule has 0 spiro atoms. The fourth-order valence-corrected chi connectivity index (χ4v) is 4.24. The van der Waals surface area contributed by atoms with Gasteiger partial charge in [-0.1, -0.05) is 66.7 Å². The summed E-state index contributed by atoms with van der Waals surface area (Å²) in [6.07, 6.45) is 2.60. The number of aliphatic hydroxyl groups is 1. The molecule has 0 aliphatic carbocycles. The minimum atomic E-state index is -1.10. The summed E-state index contributed by atoms with van der Waals surface area (Å²) >= 11 is 0. The first-order valence-electron chi connectivity index (χ1n) is 12.5. The van der Waals surface area contributed by atoms with Gasteiger partial charge in [-0.2, -0.15) is 0 Å². The molecule has 0 bridgehead atoms. The fraction of sp³-hybridized carbons (Fsp3) is 0.267. The van der Waals surface area contributed by atoms with Gasteiger partial charge in [-0.25, -0.2) is 10.4 Å². The lowest BCUT2D eigenvalue weighted by Crippen LogP contribution is -2.52. The van der Waals surface area contributed by atoms with Crippen molar-refractivity contribution < 1.29 is 19.4 Å². The zero-order chi connectivity index (χ0) is 25.9. The van der Waals surface area contributed by atoms with Gasteiger partial charge in [0.1, 0.15) is 12.4 Å². The molecule has 0 saturated heterocycles. The molecular weight excluding hydrogens is 466 g/mol. The number of hydrogen-bond acceptors (Lipinski definition) is 6. The molecule has 7 heteroatoms. The first-order chi connectivity index (χ1) is 18.1. The Balaban J connectivity index is 1.43. The summed E-state index contributed by atoms with van der Waals surface area (Å²) in [4.78, 5) is 18.0. The molecule has 7 nitrogen and oxygen atoms in total. The first kappa shape index (κ1) is 26.1. The highest BCUT2D eigenvalue weighted by molar-refractivity contribution is 6.00. The maximum absolute atomic E-state index is 13.3. The van der Waals surface area contributed by atoms with Crippen LogP contribution < -0.4 is 15.6 Å². The van der Waals surface area contributed by atoms with Crippen LogP contribution in [0.25, 0.3) is 0 Å². The Kier molecular flexibility index (Phi) is 9.08. The number of carbonyl (C=O) groups excluding carboxylic acids is 1. The molecule has 3 aromatic carbocycles. The topological polar surface area (TPSA) is 92.2 Å². The maximum atomic E-state index is 13.3. The molecule has 3 aromatic rings. The van der Waals surface area contributed by atoms with Crippen LogP contribution in [0, 0.1) is 0 Å². The van der Waals surface area contributed by atoms with Crippen LogP contribution in [0.15, 0.2) is 103 Å². The van der Waals surface area contributed by atoms with Crippen molar-refractivity contribution in [1.82, 2.24) is 10.9 Å². The Morgan fingerprint density at radius 2 is 1.70 bits per heavy atom. The van der Waals surface area contributed by atoms with E-state index in [-0.39, 0.29) is 25.0 Å². The molecule has 37 heavy (non-hydrogen) atoms. The van der Waals surface area contributed by atoms with Gasteiger partial charge in [-0.05, 0) is 35.4 Å². The molecule has 4 rings (SSSR count). The van der Waals surface area contributed by atoms with Crippen LogP contribution >= 0.6 is 0 Å². The average molecular weight is 500 g/mol. The Morgan fingerprint density at radius 3 is 2.30 bits per heavy atom. The van der Waals surface area contributed by atoms with Crippen LogP contribution in [0.3, 0.4) is 0 Å². The monoisotopic (exact) mass is 499 g/mol. The smallest absolute Gasteiger partial charge is 0.266 e. The minimum Gasteiger partial charge on any atom is -0.494 e. The molecular formula is C30H33N3O4. The van der Waals surface area contributed by atoms with Crippen molar-refractivity contribution in [3.8, 4) is 5.75 Å². The van der Waals surface area contributed by atoms with Crippen molar-refractivity contribution >= 4 is 11.8 Å². The third-order valence-electron chi connectivity index (χ3n) is 6.25. The average Bonchev–Trinajstić information content (AvgIpc) is 3.38. The normalized spacial score (nSPS) is 16.6. The van der Waals surface area contributed by atoms with Gasteiger partial charge in [0, 0.05) is 37.5 Å². The lowest BCUT2D eigenvalue weighted by atomic mass is 9.91. The molecule has 0 unspecified atom stereocenters. The zero-order valence-electron chi connectivity index (χ0n) is 20.8. The second-order valence-electron chi connectivity index (χ2n) is 8.89. The fourth-order valence-electron chi connectivity index (χ4n) is 4.24. The highest BCUT2D eigenvalue weighted by Crippen LogP contribution is 2.27. The molecule has 0 radical (unpaired) electrons. The summed E-state index contributed by atoms with van der Waals surface area (Å²) in [7, 11) is 0. The summed E-state index contributed by atoms with van der Waals surface area (Å²) in [5.74, 6) is 0.896. The molecule has 1 heterocycles. The number of rotatable bonds is 13. The quantitative estimate of drug-likeness (QED) is 0.188. The summed E-state index contributed by atoms with van der Waals surface area (Å²) in [6, 6.07) is 27.7. The van der Waals surface area contributed by atoms with Crippen molar-refractivity contribution in [1.29, 1.82) is 0 Å². The van der Waals surface area contributed by atoms with E-state index in [4.69, 9.17) is 19.6 Å². The summed E-state index contributed by atoms with van der Waals surface area (Å²) in [5, 5.41) is 8.90. The molecule has 1 amide bonds. The van der Waals surface area contributed by atoms with Gasteiger partial charge in [-0.3, -0.25) is 10.2 Å². The van der Waals surface area contributed by atoms with E-state index in [0.29, 0.717) is 37.6 Å². The third kappa shape index (κ3) is 6.64. The molecule has 1 aliphatic heterocycles. The maximum Gasteiger partial charge on any atom is 0.266 e.